The van der Waals surface area contributed by atoms with Crippen LogP contribution in [-0.2, 0) is 19.1 Å². The number of nitrogens with one attached hydrogen (secondary N) is 2. The lowest BCUT2D eigenvalue weighted by Gasteiger charge is -2.15. The Bertz CT molecular complexity index is 721. The Kier molecular flexibility index (Phi) is 7.20. The van der Waals surface area contributed by atoms with Gasteiger partial charge in [-0.15, -0.1) is 0 Å². The van der Waals surface area contributed by atoms with E-state index in [4.69, 9.17) is 4.74 Å². The molecule has 1 aliphatic rings. The molecule has 2 rings (SSSR count). The van der Waals surface area contributed by atoms with Crippen LogP contribution >= 0.6 is 0 Å². The third-order valence-electron chi connectivity index (χ3n) is 4.34. The molecule has 6 nitrogen and oxygen atoms in total. The number of anilines is 1. The number of hydrogen-bond donors (Lipinski definition) is 2. The van der Waals surface area contributed by atoms with Gasteiger partial charge in [0.25, 0.3) is 5.91 Å². The molecule has 1 unspecified atom stereocenters. The summed E-state index contributed by atoms with van der Waals surface area (Å²) in [6.45, 7) is 0.816. The van der Waals surface area contributed by atoms with Crippen LogP contribution in [0.15, 0.2) is 12.1 Å². The fourth-order valence-corrected chi connectivity index (χ4v) is 2.88. The molecule has 1 aromatic carbocycles. The van der Waals surface area contributed by atoms with Gasteiger partial charge in [0.2, 0.25) is 5.91 Å². The number of carbonyl (C=O) groups excluding carboxylic acids is 3. The molecule has 1 fully saturated rings. The van der Waals surface area contributed by atoms with E-state index in [-0.39, 0.29) is 12.3 Å². The number of benzene rings is 1. The normalized spacial score (nSPS) is 15.3. The second kappa shape index (κ2) is 9.38. The molecule has 1 atom stereocenters. The second-order valence-corrected chi connectivity index (χ2v) is 6.48. The van der Waals surface area contributed by atoms with Crippen LogP contribution in [0.2, 0.25) is 0 Å². The van der Waals surface area contributed by atoms with Gasteiger partial charge in [0.05, 0.1) is 12.2 Å². The molecule has 2 N–H and O–H groups in total. The Labute approximate surface area is 154 Å². The lowest BCUT2D eigenvalue weighted by molar-refractivity contribution is -0.155. The maximum atomic E-state index is 13.5. The number of rotatable bonds is 7. The van der Waals surface area contributed by atoms with Crippen LogP contribution < -0.4 is 10.6 Å². The molecule has 1 aromatic rings. The minimum absolute atomic E-state index is 0.257. The first-order valence-corrected chi connectivity index (χ1v) is 8.68. The number of amides is 2. The molecule has 27 heavy (non-hydrogen) atoms. The van der Waals surface area contributed by atoms with E-state index in [0.29, 0.717) is 6.07 Å². The molecule has 0 radical (unpaired) electrons. The van der Waals surface area contributed by atoms with Crippen molar-refractivity contribution in [3.63, 3.8) is 0 Å². The van der Waals surface area contributed by atoms with Gasteiger partial charge >= 0.3 is 5.97 Å². The van der Waals surface area contributed by atoms with Gasteiger partial charge in [-0.05, 0) is 37.8 Å². The smallest absolute Gasteiger partial charge is 0.306 e. The number of hydrogen-bond acceptors (Lipinski definition) is 4. The van der Waals surface area contributed by atoms with Crippen LogP contribution in [0.3, 0.4) is 0 Å². The molecule has 1 aliphatic carbocycles. The Morgan fingerprint density at radius 2 is 1.81 bits per heavy atom. The molecule has 0 aliphatic heterocycles. The first-order chi connectivity index (χ1) is 12.8. The van der Waals surface area contributed by atoms with Crippen molar-refractivity contribution in [2.45, 2.75) is 45.1 Å². The summed E-state index contributed by atoms with van der Waals surface area (Å²) >= 11 is 0. The highest BCUT2D eigenvalue weighted by molar-refractivity contribution is 5.95. The van der Waals surface area contributed by atoms with Crippen molar-refractivity contribution >= 4 is 23.5 Å². The summed E-state index contributed by atoms with van der Waals surface area (Å²) in [7, 11) is 0. The monoisotopic (exact) mass is 386 g/mol. The topological polar surface area (TPSA) is 84.5 Å². The molecule has 0 saturated heterocycles. The maximum absolute atomic E-state index is 13.5. The largest absolute Gasteiger partial charge is 0.453 e. The molecular formula is C18H21F3N2O4. The van der Waals surface area contributed by atoms with Crippen molar-refractivity contribution in [3.05, 3.63) is 29.6 Å². The molecule has 2 amide bonds. The summed E-state index contributed by atoms with van der Waals surface area (Å²) in [4.78, 5) is 35.4. The van der Waals surface area contributed by atoms with Crippen LogP contribution in [0.1, 0.15) is 39.0 Å². The number of ether oxygens (including phenoxy) is 1. The average molecular weight is 386 g/mol. The van der Waals surface area contributed by atoms with Gasteiger partial charge in [-0.1, -0.05) is 12.8 Å². The van der Waals surface area contributed by atoms with E-state index in [1.807, 2.05) is 5.32 Å². The zero-order chi connectivity index (χ0) is 20.0. The highest BCUT2D eigenvalue weighted by Crippen LogP contribution is 2.27. The Hall–Kier alpha value is -2.58. The highest BCUT2D eigenvalue weighted by atomic mass is 19.2. The first kappa shape index (κ1) is 20.7. The van der Waals surface area contributed by atoms with E-state index >= 15 is 0 Å². The second-order valence-electron chi connectivity index (χ2n) is 6.48. The molecule has 0 bridgehead atoms. The van der Waals surface area contributed by atoms with E-state index in [2.05, 4.69) is 5.32 Å². The Balaban J connectivity index is 1.76. The predicted molar refractivity (Wildman–Crippen MR) is 90.1 cm³/mol. The molecule has 0 aromatic heterocycles. The van der Waals surface area contributed by atoms with E-state index in [1.54, 1.807) is 0 Å². The summed E-state index contributed by atoms with van der Waals surface area (Å²) in [5.41, 5.74) is -0.552. The molecule has 148 valence electrons. The predicted octanol–water partition coefficient (Wildman–Crippen LogP) is 2.67. The van der Waals surface area contributed by atoms with E-state index < -0.39 is 53.6 Å². The Morgan fingerprint density at radius 3 is 2.48 bits per heavy atom. The summed E-state index contributed by atoms with van der Waals surface area (Å²) in [6.07, 6.45) is 3.27. The van der Waals surface area contributed by atoms with Crippen molar-refractivity contribution in [1.29, 1.82) is 0 Å². The van der Waals surface area contributed by atoms with Gasteiger partial charge < -0.3 is 15.4 Å². The fraction of sp³-hybridized carbons (Fsp3) is 0.500. The number of esters is 1. The van der Waals surface area contributed by atoms with Crippen LogP contribution in [-0.4, -0.2) is 30.4 Å². The van der Waals surface area contributed by atoms with Crippen LogP contribution in [0.5, 0.6) is 0 Å². The van der Waals surface area contributed by atoms with Gasteiger partial charge in [-0.25, -0.2) is 13.2 Å². The van der Waals surface area contributed by atoms with Crippen molar-refractivity contribution in [2.24, 2.45) is 5.92 Å². The highest BCUT2D eigenvalue weighted by Gasteiger charge is 2.23. The summed E-state index contributed by atoms with van der Waals surface area (Å²) < 4.78 is 44.5. The van der Waals surface area contributed by atoms with E-state index in [9.17, 15) is 27.6 Å². The van der Waals surface area contributed by atoms with E-state index in [0.717, 1.165) is 31.7 Å². The zero-order valence-electron chi connectivity index (χ0n) is 14.8. The van der Waals surface area contributed by atoms with Gasteiger partial charge in [0.1, 0.15) is 0 Å². The zero-order valence-corrected chi connectivity index (χ0v) is 14.8. The molecule has 1 saturated carbocycles. The summed E-state index contributed by atoms with van der Waals surface area (Å²) in [6, 6.07) is 1.53. The lowest BCUT2D eigenvalue weighted by atomic mass is 10.0. The van der Waals surface area contributed by atoms with Crippen LogP contribution in [0.25, 0.3) is 0 Å². The van der Waals surface area contributed by atoms with Gasteiger partial charge in [-0.2, -0.15) is 0 Å². The number of halogens is 3. The van der Waals surface area contributed by atoms with Crippen molar-refractivity contribution in [2.75, 3.05) is 11.9 Å². The minimum Gasteiger partial charge on any atom is -0.453 e. The first-order valence-electron chi connectivity index (χ1n) is 8.68. The fourth-order valence-electron chi connectivity index (χ4n) is 2.88. The van der Waals surface area contributed by atoms with Crippen molar-refractivity contribution < 1.29 is 32.3 Å². The molecule has 9 heteroatoms. The summed E-state index contributed by atoms with van der Waals surface area (Å²) in [5, 5.41) is 4.25. The standard InChI is InChI=1S/C18H21F3N2O4/c1-10(27-15(25)8-11-4-2-3-5-11)18(26)22-9-14(24)23-13-7-6-12(19)16(20)17(13)21/h6-7,10-11H,2-5,8-9H2,1H3,(H,22,26)(H,23,24). The average Bonchev–Trinajstić information content (AvgIpc) is 3.12. The summed E-state index contributed by atoms with van der Waals surface area (Å²) in [5.74, 6) is -6.37. The van der Waals surface area contributed by atoms with Gasteiger partial charge in [0, 0.05) is 6.42 Å². The van der Waals surface area contributed by atoms with Gasteiger partial charge in [-0.3, -0.25) is 14.4 Å². The molecular weight excluding hydrogens is 365 g/mol. The molecule has 0 spiro atoms. The minimum atomic E-state index is -1.71. The van der Waals surface area contributed by atoms with Crippen molar-refractivity contribution in [3.8, 4) is 0 Å². The van der Waals surface area contributed by atoms with Crippen LogP contribution in [0, 0.1) is 23.4 Å². The van der Waals surface area contributed by atoms with Crippen LogP contribution in [0.4, 0.5) is 18.9 Å². The SMILES string of the molecule is CC(OC(=O)CC1CCCC1)C(=O)NCC(=O)Nc1ccc(F)c(F)c1F. The van der Waals surface area contributed by atoms with Gasteiger partial charge in [0.15, 0.2) is 23.6 Å². The van der Waals surface area contributed by atoms with E-state index in [1.165, 1.54) is 6.92 Å². The Morgan fingerprint density at radius 1 is 1.15 bits per heavy atom. The third kappa shape index (κ3) is 5.97. The molecule has 0 heterocycles. The quantitative estimate of drug-likeness (QED) is 0.557. The number of carbonyl (C=O) groups is 3. The lowest BCUT2D eigenvalue weighted by Crippen LogP contribution is -2.40. The maximum Gasteiger partial charge on any atom is 0.306 e. The third-order valence-corrected chi connectivity index (χ3v) is 4.34. The van der Waals surface area contributed by atoms with Crippen molar-refractivity contribution in [1.82, 2.24) is 5.32 Å².